The highest BCUT2D eigenvalue weighted by atomic mass is 79.9. The minimum atomic E-state index is -0.518. The predicted molar refractivity (Wildman–Crippen MR) is 79.0 cm³/mol. The topological polar surface area (TPSA) is 20.2 Å². The highest BCUT2D eigenvalue weighted by molar-refractivity contribution is 9.10. The largest absolute Gasteiger partial charge is 0.392 e. The van der Waals surface area contributed by atoms with E-state index in [-0.39, 0.29) is 5.02 Å². The van der Waals surface area contributed by atoms with Crippen molar-refractivity contribution >= 4 is 27.5 Å². The van der Waals surface area contributed by atoms with Crippen molar-refractivity contribution in [2.45, 2.75) is 18.9 Å². The van der Waals surface area contributed by atoms with Crippen LogP contribution >= 0.6 is 27.5 Å². The Morgan fingerprint density at radius 3 is 2.42 bits per heavy atom. The minimum Gasteiger partial charge on any atom is -0.392 e. The molecule has 0 saturated heterocycles. The molecule has 0 saturated carbocycles. The molecule has 0 radical (unpaired) electrons. The second-order valence-electron chi connectivity index (χ2n) is 4.44. The number of hydrogen-bond donors (Lipinski definition) is 1. The monoisotopic (exact) mass is 342 g/mol. The molecule has 0 aromatic heterocycles. The van der Waals surface area contributed by atoms with Crippen molar-refractivity contribution in [2.75, 3.05) is 0 Å². The van der Waals surface area contributed by atoms with Crippen LogP contribution < -0.4 is 0 Å². The standard InChI is InChI=1S/C15H13BrClFO/c16-12-3-1-2-10(6-12)7-13(19)8-11-4-5-15(18)14(17)9-11/h1-6,9,13,19H,7-8H2. The molecule has 0 aliphatic rings. The number of aliphatic hydroxyl groups excluding tert-OH is 1. The first-order valence-corrected chi connectivity index (χ1v) is 7.08. The van der Waals surface area contributed by atoms with E-state index in [9.17, 15) is 9.50 Å². The number of hydrogen-bond acceptors (Lipinski definition) is 1. The van der Waals surface area contributed by atoms with Crippen molar-refractivity contribution in [1.82, 2.24) is 0 Å². The van der Waals surface area contributed by atoms with E-state index in [1.165, 1.54) is 6.07 Å². The van der Waals surface area contributed by atoms with Gasteiger partial charge in [-0.05, 0) is 48.2 Å². The van der Waals surface area contributed by atoms with Gasteiger partial charge in [0.2, 0.25) is 0 Å². The van der Waals surface area contributed by atoms with Crippen molar-refractivity contribution in [1.29, 1.82) is 0 Å². The summed E-state index contributed by atoms with van der Waals surface area (Å²) < 4.78 is 14.0. The normalized spacial score (nSPS) is 12.4. The van der Waals surface area contributed by atoms with Crippen LogP contribution in [0.3, 0.4) is 0 Å². The van der Waals surface area contributed by atoms with Crippen molar-refractivity contribution < 1.29 is 9.50 Å². The Labute approximate surface area is 125 Å². The van der Waals surface area contributed by atoms with Gasteiger partial charge < -0.3 is 5.11 Å². The van der Waals surface area contributed by atoms with Crippen LogP contribution in [0.15, 0.2) is 46.9 Å². The Bertz CT molecular complexity index is 574. The van der Waals surface area contributed by atoms with Gasteiger partial charge in [-0.1, -0.05) is 45.7 Å². The van der Waals surface area contributed by atoms with E-state index in [1.807, 2.05) is 24.3 Å². The highest BCUT2D eigenvalue weighted by Gasteiger charge is 2.09. The van der Waals surface area contributed by atoms with Crippen molar-refractivity contribution in [3.63, 3.8) is 0 Å². The number of rotatable bonds is 4. The average molecular weight is 344 g/mol. The maximum atomic E-state index is 13.0. The summed E-state index contributed by atoms with van der Waals surface area (Å²) in [5, 5.41) is 10.1. The van der Waals surface area contributed by atoms with E-state index < -0.39 is 11.9 Å². The van der Waals surface area contributed by atoms with Crippen LogP contribution in [0.2, 0.25) is 5.02 Å². The van der Waals surface area contributed by atoms with Gasteiger partial charge in [0.1, 0.15) is 5.82 Å². The number of halogens is 3. The Morgan fingerprint density at radius 2 is 1.79 bits per heavy atom. The first-order valence-electron chi connectivity index (χ1n) is 5.91. The second kappa shape index (κ2) is 6.51. The third kappa shape index (κ3) is 4.30. The van der Waals surface area contributed by atoms with Crippen molar-refractivity contribution in [3.8, 4) is 0 Å². The molecular formula is C15H13BrClFO. The lowest BCUT2D eigenvalue weighted by atomic mass is 10.0. The van der Waals surface area contributed by atoms with Gasteiger partial charge in [0.05, 0.1) is 11.1 Å². The smallest absolute Gasteiger partial charge is 0.141 e. The number of aliphatic hydroxyl groups is 1. The SMILES string of the molecule is OC(Cc1cccc(Br)c1)Cc1ccc(F)c(Cl)c1. The van der Waals surface area contributed by atoms with Crippen LogP contribution in [-0.4, -0.2) is 11.2 Å². The third-order valence-electron chi connectivity index (χ3n) is 2.82. The summed E-state index contributed by atoms with van der Waals surface area (Å²) in [6, 6.07) is 12.3. The van der Waals surface area contributed by atoms with E-state index in [0.717, 1.165) is 15.6 Å². The van der Waals surface area contributed by atoms with Gasteiger partial charge in [-0.2, -0.15) is 0 Å². The molecule has 2 aromatic rings. The zero-order valence-corrected chi connectivity index (χ0v) is 12.5. The molecule has 0 bridgehead atoms. The van der Waals surface area contributed by atoms with Gasteiger partial charge in [0.25, 0.3) is 0 Å². The summed E-state index contributed by atoms with van der Waals surface area (Å²) in [4.78, 5) is 0. The van der Waals surface area contributed by atoms with Crippen LogP contribution in [0.1, 0.15) is 11.1 Å². The van der Waals surface area contributed by atoms with E-state index in [2.05, 4.69) is 15.9 Å². The lowest BCUT2D eigenvalue weighted by Gasteiger charge is -2.11. The molecule has 4 heteroatoms. The summed E-state index contributed by atoms with van der Waals surface area (Å²) in [6.07, 6.45) is 0.483. The fraction of sp³-hybridized carbons (Fsp3) is 0.200. The molecule has 1 nitrogen and oxygen atoms in total. The Kier molecular flexibility index (Phi) is 4.97. The fourth-order valence-electron chi connectivity index (χ4n) is 1.95. The number of benzene rings is 2. The van der Waals surface area contributed by atoms with Crippen LogP contribution in [-0.2, 0) is 12.8 Å². The molecule has 1 N–H and O–H groups in total. The van der Waals surface area contributed by atoms with Gasteiger partial charge in [-0.15, -0.1) is 0 Å². The molecule has 0 aliphatic heterocycles. The van der Waals surface area contributed by atoms with Crippen molar-refractivity contribution in [3.05, 3.63) is 68.9 Å². The summed E-state index contributed by atoms with van der Waals surface area (Å²) in [7, 11) is 0. The van der Waals surface area contributed by atoms with Gasteiger partial charge in [-0.25, -0.2) is 4.39 Å². The van der Waals surface area contributed by atoms with Crippen LogP contribution in [0.4, 0.5) is 4.39 Å². The lowest BCUT2D eigenvalue weighted by molar-refractivity contribution is 0.175. The van der Waals surface area contributed by atoms with Crippen molar-refractivity contribution in [2.24, 2.45) is 0 Å². The Hall–Kier alpha value is -0.900. The minimum absolute atomic E-state index is 0.0900. The molecule has 0 aliphatic carbocycles. The maximum absolute atomic E-state index is 13.0. The molecule has 0 amide bonds. The van der Waals surface area contributed by atoms with Gasteiger partial charge in [0.15, 0.2) is 0 Å². The molecule has 0 spiro atoms. The zero-order valence-electron chi connectivity index (χ0n) is 10.1. The first-order chi connectivity index (χ1) is 9.04. The molecule has 2 aromatic carbocycles. The van der Waals surface area contributed by atoms with Gasteiger partial charge in [0, 0.05) is 4.47 Å². The average Bonchev–Trinajstić information content (AvgIpc) is 2.34. The molecule has 1 unspecified atom stereocenters. The molecule has 2 rings (SSSR count). The van der Waals surface area contributed by atoms with E-state index >= 15 is 0 Å². The lowest BCUT2D eigenvalue weighted by Crippen LogP contribution is -2.14. The van der Waals surface area contributed by atoms with E-state index in [0.29, 0.717) is 12.8 Å². The highest BCUT2D eigenvalue weighted by Crippen LogP contribution is 2.19. The van der Waals surface area contributed by atoms with Crippen LogP contribution in [0, 0.1) is 5.82 Å². The summed E-state index contributed by atoms with van der Waals surface area (Å²) in [5.41, 5.74) is 1.88. The molecule has 0 heterocycles. The molecule has 19 heavy (non-hydrogen) atoms. The fourth-order valence-corrected chi connectivity index (χ4v) is 2.60. The van der Waals surface area contributed by atoms with Gasteiger partial charge >= 0.3 is 0 Å². The zero-order chi connectivity index (χ0) is 13.8. The molecule has 1 atom stereocenters. The Morgan fingerprint density at radius 1 is 1.11 bits per heavy atom. The first kappa shape index (κ1) is 14.5. The predicted octanol–water partition coefficient (Wildman–Crippen LogP) is 4.39. The summed E-state index contributed by atoms with van der Waals surface area (Å²) in [6.45, 7) is 0. The maximum Gasteiger partial charge on any atom is 0.141 e. The van der Waals surface area contributed by atoms with E-state index in [1.54, 1.807) is 12.1 Å². The molecule has 0 fully saturated rings. The quantitative estimate of drug-likeness (QED) is 0.873. The summed E-state index contributed by atoms with van der Waals surface area (Å²) >= 11 is 9.11. The molecule has 100 valence electrons. The third-order valence-corrected chi connectivity index (χ3v) is 3.60. The summed E-state index contributed by atoms with van der Waals surface area (Å²) in [5.74, 6) is -0.438. The van der Waals surface area contributed by atoms with Crippen LogP contribution in [0.25, 0.3) is 0 Å². The van der Waals surface area contributed by atoms with Gasteiger partial charge in [-0.3, -0.25) is 0 Å². The van der Waals surface area contributed by atoms with E-state index in [4.69, 9.17) is 11.6 Å². The second-order valence-corrected chi connectivity index (χ2v) is 5.76. The Balaban J connectivity index is 2.01. The van der Waals surface area contributed by atoms with Crippen LogP contribution in [0.5, 0.6) is 0 Å². The molecular weight excluding hydrogens is 331 g/mol.